The molecule has 1 saturated heterocycles. The lowest BCUT2D eigenvalue weighted by molar-refractivity contribution is 0.0943. The Morgan fingerprint density at radius 3 is 2.33 bits per heavy atom. The molecule has 3 aromatic rings. The van der Waals surface area contributed by atoms with Gasteiger partial charge in [0, 0.05) is 51.0 Å². The molecule has 9 nitrogen and oxygen atoms in total. The van der Waals surface area contributed by atoms with Crippen molar-refractivity contribution in [1.29, 1.82) is 0 Å². The van der Waals surface area contributed by atoms with E-state index in [0.717, 1.165) is 32.7 Å². The van der Waals surface area contributed by atoms with Crippen molar-refractivity contribution in [3.05, 3.63) is 53.3 Å². The molecule has 0 aliphatic carbocycles. The van der Waals surface area contributed by atoms with Gasteiger partial charge in [0.15, 0.2) is 5.82 Å². The summed E-state index contributed by atoms with van der Waals surface area (Å²) >= 11 is 0. The van der Waals surface area contributed by atoms with E-state index in [1.54, 1.807) is 10.6 Å². The van der Waals surface area contributed by atoms with E-state index in [1.165, 1.54) is 11.6 Å². The molecule has 0 spiro atoms. The third-order valence-corrected chi connectivity index (χ3v) is 6.02. The summed E-state index contributed by atoms with van der Waals surface area (Å²) in [4.78, 5) is 15.2. The van der Waals surface area contributed by atoms with Gasteiger partial charge in [-0.15, -0.1) is 10.2 Å². The first-order valence-corrected chi connectivity index (χ1v) is 12.7. The van der Waals surface area contributed by atoms with Gasteiger partial charge >= 0.3 is 0 Å². The van der Waals surface area contributed by atoms with Crippen molar-refractivity contribution < 1.29 is 15.0 Å². The van der Waals surface area contributed by atoms with Crippen LogP contribution in [0.3, 0.4) is 0 Å². The second-order valence-electron chi connectivity index (χ2n) is 8.82. The minimum atomic E-state index is -0.353. The van der Waals surface area contributed by atoms with E-state index in [-0.39, 0.29) is 29.1 Å². The Bertz CT molecular complexity index is 1150. The SMILES string of the molecule is CC.CCNC(=O)c1nnc(-c2cc(C(C)C)c(O)cc2O)n1-c1ccc(CN2CCNCC2)cc1. The maximum absolute atomic E-state index is 12.8. The Hall–Kier alpha value is -3.43. The van der Waals surface area contributed by atoms with Gasteiger partial charge in [0.05, 0.1) is 5.56 Å². The molecular formula is C27H38N6O3. The van der Waals surface area contributed by atoms with E-state index in [4.69, 9.17) is 0 Å². The van der Waals surface area contributed by atoms with Gasteiger partial charge < -0.3 is 20.8 Å². The summed E-state index contributed by atoms with van der Waals surface area (Å²) in [6.45, 7) is 15.1. The number of phenols is 2. The summed E-state index contributed by atoms with van der Waals surface area (Å²) in [6.07, 6.45) is 0. The fraction of sp³-hybridized carbons (Fsp3) is 0.444. The molecule has 1 fully saturated rings. The predicted octanol–water partition coefficient (Wildman–Crippen LogP) is 3.65. The number of hydrogen-bond acceptors (Lipinski definition) is 7. The molecule has 2 aromatic carbocycles. The van der Waals surface area contributed by atoms with Crippen LogP contribution in [0.15, 0.2) is 36.4 Å². The van der Waals surface area contributed by atoms with Crippen molar-refractivity contribution >= 4 is 5.91 Å². The van der Waals surface area contributed by atoms with E-state index in [9.17, 15) is 15.0 Å². The lowest BCUT2D eigenvalue weighted by Gasteiger charge is -2.27. The molecule has 1 amide bonds. The lowest BCUT2D eigenvalue weighted by atomic mass is 9.98. The molecule has 0 unspecified atom stereocenters. The van der Waals surface area contributed by atoms with Gasteiger partial charge in [-0.25, -0.2) is 0 Å². The van der Waals surface area contributed by atoms with Crippen LogP contribution in [-0.2, 0) is 6.54 Å². The van der Waals surface area contributed by atoms with Gasteiger partial charge in [0.2, 0.25) is 5.82 Å². The van der Waals surface area contributed by atoms with Crippen molar-refractivity contribution in [3.8, 4) is 28.6 Å². The van der Waals surface area contributed by atoms with Crippen LogP contribution in [0.1, 0.15) is 62.3 Å². The number of nitrogens with zero attached hydrogens (tertiary/aromatic N) is 4. The third kappa shape index (κ3) is 6.03. The van der Waals surface area contributed by atoms with Crippen molar-refractivity contribution in [2.45, 2.75) is 47.1 Å². The minimum Gasteiger partial charge on any atom is -0.508 e. The average molecular weight is 495 g/mol. The molecule has 194 valence electrons. The predicted molar refractivity (Wildman–Crippen MR) is 142 cm³/mol. The van der Waals surface area contributed by atoms with Gasteiger partial charge in [0.25, 0.3) is 5.91 Å². The number of phenolic OH excluding ortho intramolecular Hbond substituents is 2. The first kappa shape index (κ1) is 27.2. The van der Waals surface area contributed by atoms with Crippen molar-refractivity contribution in [3.63, 3.8) is 0 Å². The molecule has 9 heteroatoms. The van der Waals surface area contributed by atoms with E-state index < -0.39 is 0 Å². The van der Waals surface area contributed by atoms with Crippen LogP contribution in [-0.4, -0.2) is 68.5 Å². The van der Waals surface area contributed by atoms with Crippen LogP contribution in [0, 0.1) is 0 Å². The number of carbonyl (C=O) groups excluding carboxylic acids is 1. The highest BCUT2D eigenvalue weighted by atomic mass is 16.3. The van der Waals surface area contributed by atoms with Crippen LogP contribution in [0.5, 0.6) is 11.5 Å². The molecular weight excluding hydrogens is 456 g/mol. The first-order chi connectivity index (χ1) is 17.4. The van der Waals surface area contributed by atoms with Gasteiger partial charge in [-0.3, -0.25) is 14.3 Å². The maximum atomic E-state index is 12.8. The number of benzene rings is 2. The van der Waals surface area contributed by atoms with E-state index in [0.29, 0.717) is 29.2 Å². The number of rotatable bonds is 7. The molecule has 0 saturated carbocycles. The number of amides is 1. The number of aromatic nitrogens is 3. The highest BCUT2D eigenvalue weighted by Crippen LogP contribution is 2.38. The molecule has 0 atom stereocenters. The molecule has 36 heavy (non-hydrogen) atoms. The number of carbonyl (C=O) groups is 1. The third-order valence-electron chi connectivity index (χ3n) is 6.02. The Morgan fingerprint density at radius 1 is 1.06 bits per heavy atom. The van der Waals surface area contributed by atoms with Gasteiger partial charge in [-0.1, -0.05) is 39.8 Å². The zero-order valence-corrected chi connectivity index (χ0v) is 21.9. The van der Waals surface area contributed by atoms with Crippen molar-refractivity contribution in [1.82, 2.24) is 30.3 Å². The molecule has 0 radical (unpaired) electrons. The standard InChI is InChI=1S/C25H32N6O3.C2H6/c1-4-27-25(34)24-29-28-23(20-13-19(16(2)3)21(32)14-22(20)33)31(24)18-7-5-17(6-8-18)15-30-11-9-26-10-12-30;1-2/h5-8,13-14,16,26,32-33H,4,9-12,15H2,1-3H3,(H,27,34);1-2H3. The quantitative estimate of drug-likeness (QED) is 0.396. The van der Waals surface area contributed by atoms with Crippen LogP contribution in [0.4, 0.5) is 0 Å². The second-order valence-corrected chi connectivity index (χ2v) is 8.82. The zero-order chi connectivity index (χ0) is 26.2. The normalized spacial score (nSPS) is 13.8. The Balaban J connectivity index is 0.00000176. The summed E-state index contributed by atoms with van der Waals surface area (Å²) in [5.41, 5.74) is 2.96. The largest absolute Gasteiger partial charge is 0.508 e. The fourth-order valence-corrected chi connectivity index (χ4v) is 4.20. The van der Waals surface area contributed by atoms with E-state index in [1.807, 2.05) is 58.9 Å². The van der Waals surface area contributed by atoms with Crippen LogP contribution in [0.25, 0.3) is 17.1 Å². The highest BCUT2D eigenvalue weighted by molar-refractivity contribution is 5.92. The number of aromatic hydroxyl groups is 2. The minimum absolute atomic E-state index is 0.0172. The van der Waals surface area contributed by atoms with Gasteiger partial charge in [-0.2, -0.15) is 0 Å². The summed E-state index contributed by atoms with van der Waals surface area (Å²) in [5.74, 6) is 0.0222. The summed E-state index contributed by atoms with van der Waals surface area (Å²) in [6, 6.07) is 11.0. The molecule has 1 aliphatic rings. The van der Waals surface area contributed by atoms with E-state index >= 15 is 0 Å². The second kappa shape index (κ2) is 12.5. The summed E-state index contributed by atoms with van der Waals surface area (Å²) < 4.78 is 1.65. The molecule has 4 rings (SSSR count). The fourth-order valence-electron chi connectivity index (χ4n) is 4.20. The number of hydrogen-bond donors (Lipinski definition) is 4. The highest BCUT2D eigenvalue weighted by Gasteiger charge is 2.24. The monoisotopic (exact) mass is 494 g/mol. The van der Waals surface area contributed by atoms with Crippen molar-refractivity contribution in [2.75, 3.05) is 32.7 Å². The summed E-state index contributed by atoms with van der Waals surface area (Å²) in [7, 11) is 0. The summed E-state index contributed by atoms with van der Waals surface area (Å²) in [5, 5.41) is 35.5. The molecule has 4 N–H and O–H groups in total. The first-order valence-electron chi connectivity index (χ1n) is 12.7. The molecule has 1 aliphatic heterocycles. The Labute approximate surface area is 213 Å². The topological polar surface area (TPSA) is 116 Å². The smallest absolute Gasteiger partial charge is 0.289 e. The zero-order valence-electron chi connectivity index (χ0n) is 21.9. The average Bonchev–Trinajstić information content (AvgIpc) is 3.31. The van der Waals surface area contributed by atoms with Gasteiger partial charge in [-0.05, 0) is 42.2 Å². The van der Waals surface area contributed by atoms with Crippen molar-refractivity contribution in [2.24, 2.45) is 0 Å². The number of piperazine rings is 1. The van der Waals surface area contributed by atoms with Crippen LogP contribution >= 0.6 is 0 Å². The van der Waals surface area contributed by atoms with Gasteiger partial charge in [0.1, 0.15) is 11.5 Å². The van der Waals surface area contributed by atoms with Crippen LogP contribution < -0.4 is 10.6 Å². The molecule has 1 aromatic heterocycles. The Kier molecular flexibility index (Phi) is 9.44. The Morgan fingerprint density at radius 2 is 1.72 bits per heavy atom. The molecule has 2 heterocycles. The lowest BCUT2D eigenvalue weighted by Crippen LogP contribution is -2.42. The van der Waals surface area contributed by atoms with E-state index in [2.05, 4.69) is 25.7 Å². The molecule has 0 bridgehead atoms. The van der Waals surface area contributed by atoms with Crippen LogP contribution in [0.2, 0.25) is 0 Å². The number of nitrogens with one attached hydrogen (secondary N) is 2. The maximum Gasteiger partial charge on any atom is 0.289 e.